The first-order valence-corrected chi connectivity index (χ1v) is 3.26. The van der Waals surface area contributed by atoms with Crippen LogP contribution in [0.5, 0.6) is 0 Å². The average molecular weight is 161 g/mol. The molecule has 60 valence electrons. The first-order chi connectivity index (χ1) is 5.16. The third-order valence-electron chi connectivity index (χ3n) is 1.47. The van der Waals surface area contributed by atoms with E-state index in [4.69, 9.17) is 0 Å². The first-order valence-electron chi connectivity index (χ1n) is 3.26. The summed E-state index contributed by atoms with van der Waals surface area (Å²) < 4.78 is 1.44. The van der Waals surface area contributed by atoms with Crippen molar-refractivity contribution >= 4 is 5.97 Å². The largest absolute Gasteiger partial charge is 1.00 e. The molecule has 1 rings (SSSR count). The van der Waals surface area contributed by atoms with Crippen LogP contribution in [0.25, 0.3) is 0 Å². The normalized spacial score (nSPS) is 9.17. The van der Waals surface area contributed by atoms with Gasteiger partial charge in [-0.1, -0.05) is 12.1 Å². The molecule has 0 radical (unpaired) electrons. The van der Waals surface area contributed by atoms with Gasteiger partial charge in [-0.05, 0) is 6.42 Å². The molecule has 0 spiro atoms. The summed E-state index contributed by atoms with van der Waals surface area (Å²) in [5, 5.41) is 17.4. The molecule has 0 bridgehead atoms. The van der Waals surface area contributed by atoms with Crippen molar-refractivity contribution in [1.82, 2.24) is 15.0 Å². The number of aryl methyl sites for hydroxylation is 1. The molecule has 0 aromatic carbocycles. The zero-order valence-electron chi connectivity index (χ0n) is 7.37. The number of hydrogen-bond acceptors (Lipinski definition) is 4. The summed E-state index contributed by atoms with van der Waals surface area (Å²) in [7, 11) is 1.65. The first kappa shape index (κ1) is 11.2. The Bertz CT molecular complexity index is 284. The molecular formula is C6H8LiN3O2. The molecule has 0 atom stereocenters. The minimum absolute atomic E-state index is 0. The Morgan fingerprint density at radius 1 is 1.67 bits per heavy atom. The summed E-state index contributed by atoms with van der Waals surface area (Å²) in [6, 6.07) is 0. The molecule has 1 aromatic rings. The summed E-state index contributed by atoms with van der Waals surface area (Å²) in [4.78, 5) is 10.4. The maximum Gasteiger partial charge on any atom is 1.00 e. The van der Waals surface area contributed by atoms with E-state index in [1.165, 1.54) is 4.68 Å². The van der Waals surface area contributed by atoms with Crippen molar-refractivity contribution in [2.45, 2.75) is 13.3 Å². The molecule has 0 aliphatic carbocycles. The van der Waals surface area contributed by atoms with Gasteiger partial charge < -0.3 is 9.90 Å². The van der Waals surface area contributed by atoms with Gasteiger partial charge in [0.1, 0.15) is 5.69 Å². The molecule has 0 aliphatic heterocycles. The smallest absolute Gasteiger partial charge is 0.543 e. The maximum absolute atomic E-state index is 10.4. The van der Waals surface area contributed by atoms with Crippen LogP contribution in [0.3, 0.4) is 0 Å². The Balaban J connectivity index is 0.00000121. The van der Waals surface area contributed by atoms with Gasteiger partial charge in [-0.3, -0.25) is 4.68 Å². The third-order valence-corrected chi connectivity index (χ3v) is 1.47. The maximum atomic E-state index is 10.4. The van der Waals surface area contributed by atoms with E-state index in [-0.39, 0.29) is 24.6 Å². The van der Waals surface area contributed by atoms with Gasteiger partial charge in [-0.2, -0.15) is 0 Å². The second kappa shape index (κ2) is 4.29. The van der Waals surface area contributed by atoms with Crippen LogP contribution in [0.4, 0.5) is 0 Å². The van der Waals surface area contributed by atoms with E-state index < -0.39 is 5.97 Å². The molecule has 6 heteroatoms. The number of carboxylic acid groups (broad SMARTS) is 1. The van der Waals surface area contributed by atoms with E-state index in [1.54, 1.807) is 7.05 Å². The number of carboxylic acids is 1. The van der Waals surface area contributed by atoms with E-state index in [9.17, 15) is 9.90 Å². The van der Waals surface area contributed by atoms with E-state index in [0.717, 1.165) is 0 Å². The van der Waals surface area contributed by atoms with Gasteiger partial charge in [-0.25, -0.2) is 0 Å². The Morgan fingerprint density at radius 3 is 2.58 bits per heavy atom. The number of aromatic nitrogens is 3. The van der Waals surface area contributed by atoms with Crippen LogP contribution in [-0.4, -0.2) is 21.0 Å². The van der Waals surface area contributed by atoms with E-state index in [2.05, 4.69) is 10.3 Å². The van der Waals surface area contributed by atoms with Crippen LogP contribution in [0.2, 0.25) is 0 Å². The van der Waals surface area contributed by atoms with Gasteiger partial charge in [0.15, 0.2) is 0 Å². The zero-order valence-corrected chi connectivity index (χ0v) is 7.37. The van der Waals surface area contributed by atoms with Crippen LogP contribution < -0.4 is 24.0 Å². The van der Waals surface area contributed by atoms with Crippen LogP contribution in [-0.2, 0) is 13.5 Å². The van der Waals surface area contributed by atoms with E-state index in [0.29, 0.717) is 12.1 Å². The second-order valence-corrected chi connectivity index (χ2v) is 2.15. The number of carbonyl (C=O) groups is 1. The number of rotatable bonds is 2. The molecule has 1 heterocycles. The average Bonchev–Trinajstić information content (AvgIpc) is 2.30. The van der Waals surface area contributed by atoms with Gasteiger partial charge in [-0.15, -0.1) is 5.10 Å². The Hall–Kier alpha value is -0.793. The fourth-order valence-electron chi connectivity index (χ4n) is 0.932. The van der Waals surface area contributed by atoms with Gasteiger partial charge in [0.05, 0.1) is 11.7 Å². The van der Waals surface area contributed by atoms with Crippen molar-refractivity contribution in [2.24, 2.45) is 7.05 Å². The number of hydrogen-bond donors (Lipinski definition) is 0. The molecule has 0 fully saturated rings. The number of carbonyl (C=O) groups excluding carboxylic acids is 1. The van der Waals surface area contributed by atoms with Crippen LogP contribution >= 0.6 is 0 Å². The van der Waals surface area contributed by atoms with Crippen molar-refractivity contribution in [3.8, 4) is 0 Å². The Labute approximate surface area is 81.9 Å². The van der Waals surface area contributed by atoms with Gasteiger partial charge in [0.2, 0.25) is 0 Å². The summed E-state index contributed by atoms with van der Waals surface area (Å²) in [5.74, 6) is -1.27. The Kier molecular flexibility index (Phi) is 4.00. The fraction of sp³-hybridized carbons (Fsp3) is 0.500. The predicted molar refractivity (Wildman–Crippen MR) is 34.7 cm³/mol. The molecular weight excluding hydrogens is 153 g/mol. The summed E-state index contributed by atoms with van der Waals surface area (Å²) >= 11 is 0. The second-order valence-electron chi connectivity index (χ2n) is 2.15. The summed E-state index contributed by atoms with van der Waals surface area (Å²) in [6.45, 7) is 1.84. The third kappa shape index (κ3) is 1.87. The van der Waals surface area contributed by atoms with Crippen molar-refractivity contribution < 1.29 is 28.8 Å². The molecule has 1 aromatic heterocycles. The van der Waals surface area contributed by atoms with E-state index in [1.807, 2.05) is 6.92 Å². The van der Waals surface area contributed by atoms with Gasteiger partial charge >= 0.3 is 18.9 Å². The fourth-order valence-corrected chi connectivity index (χ4v) is 0.932. The molecule has 12 heavy (non-hydrogen) atoms. The van der Waals surface area contributed by atoms with Crippen molar-refractivity contribution in [1.29, 1.82) is 0 Å². The monoisotopic (exact) mass is 161 g/mol. The van der Waals surface area contributed by atoms with Gasteiger partial charge in [0.25, 0.3) is 0 Å². The van der Waals surface area contributed by atoms with Crippen molar-refractivity contribution in [3.05, 3.63) is 11.4 Å². The number of aromatic carboxylic acids is 1. The topological polar surface area (TPSA) is 70.8 Å². The quantitative estimate of drug-likeness (QED) is 0.412. The van der Waals surface area contributed by atoms with Gasteiger partial charge in [0, 0.05) is 7.05 Å². The van der Waals surface area contributed by atoms with E-state index >= 15 is 0 Å². The molecule has 0 amide bonds. The van der Waals surface area contributed by atoms with Crippen molar-refractivity contribution in [3.63, 3.8) is 0 Å². The molecule has 0 N–H and O–H groups in total. The zero-order chi connectivity index (χ0) is 8.43. The minimum atomic E-state index is -1.27. The minimum Gasteiger partial charge on any atom is -0.543 e. The van der Waals surface area contributed by atoms with Crippen LogP contribution in [0, 0.1) is 0 Å². The molecule has 0 unspecified atom stereocenters. The Morgan fingerprint density at radius 2 is 2.25 bits per heavy atom. The summed E-state index contributed by atoms with van der Waals surface area (Å²) in [6.07, 6.45) is 0.590. The number of nitrogens with zero attached hydrogens (tertiary/aromatic N) is 3. The molecule has 5 nitrogen and oxygen atoms in total. The summed E-state index contributed by atoms with van der Waals surface area (Å²) in [5.41, 5.74) is 0.528. The molecule has 0 saturated heterocycles. The van der Waals surface area contributed by atoms with Crippen LogP contribution in [0.1, 0.15) is 23.1 Å². The molecule has 0 saturated carbocycles. The van der Waals surface area contributed by atoms with Crippen molar-refractivity contribution in [2.75, 3.05) is 0 Å². The predicted octanol–water partition coefficient (Wildman–Crippen LogP) is -4.25. The van der Waals surface area contributed by atoms with Crippen LogP contribution in [0.15, 0.2) is 0 Å². The SMILES string of the molecule is CCc1c(C(=O)[O-])nnn1C.[Li+]. The standard InChI is InChI=1S/C6H9N3O2.Li/c1-3-4-5(6(10)11)7-8-9(4)2;/h3H2,1-2H3,(H,10,11);/q;+1/p-1. The molecule has 0 aliphatic rings.